The van der Waals surface area contributed by atoms with Crippen LogP contribution in [-0.2, 0) is 9.53 Å². The van der Waals surface area contributed by atoms with Crippen LogP contribution in [0.25, 0.3) is 0 Å². The van der Waals surface area contributed by atoms with Crippen LogP contribution in [0, 0.1) is 17.6 Å². The lowest BCUT2D eigenvalue weighted by molar-refractivity contribution is -0.142. The Bertz CT molecular complexity index is 483. The molecule has 0 saturated carbocycles. The highest BCUT2D eigenvalue weighted by Crippen LogP contribution is 2.11. The second-order valence-electron chi connectivity index (χ2n) is 5.04. The van der Waals surface area contributed by atoms with Gasteiger partial charge in [0.2, 0.25) is 0 Å². The van der Waals surface area contributed by atoms with Crippen LogP contribution in [0.4, 0.5) is 8.78 Å². The summed E-state index contributed by atoms with van der Waals surface area (Å²) in [4.78, 5) is 23.0. The van der Waals surface area contributed by atoms with Gasteiger partial charge in [-0.2, -0.15) is 0 Å². The van der Waals surface area contributed by atoms with E-state index in [2.05, 4.69) is 19.2 Å². The molecular formula is C15H19F2NO3. The molecule has 1 amide bonds. The van der Waals surface area contributed by atoms with Crippen LogP contribution >= 0.6 is 0 Å². The summed E-state index contributed by atoms with van der Waals surface area (Å²) in [6, 6.07) is 3.11. The Morgan fingerprint density at radius 1 is 1.24 bits per heavy atom. The van der Waals surface area contributed by atoms with E-state index in [4.69, 9.17) is 4.74 Å². The molecule has 0 unspecified atom stereocenters. The number of carbonyl (C=O) groups excluding carboxylic acids is 2. The maximum absolute atomic E-state index is 13.3. The molecule has 0 heterocycles. The molecular weight excluding hydrogens is 280 g/mol. The predicted molar refractivity (Wildman–Crippen MR) is 73.7 cm³/mol. The lowest BCUT2D eigenvalue weighted by Gasteiger charge is -2.08. The first kappa shape index (κ1) is 17.1. The Morgan fingerprint density at radius 3 is 2.43 bits per heavy atom. The van der Waals surface area contributed by atoms with Gasteiger partial charge in [-0.3, -0.25) is 9.59 Å². The van der Waals surface area contributed by atoms with Gasteiger partial charge in [-0.25, -0.2) is 8.78 Å². The molecule has 0 spiro atoms. The summed E-state index contributed by atoms with van der Waals surface area (Å²) < 4.78 is 31.6. The fourth-order valence-corrected chi connectivity index (χ4v) is 1.68. The SMILES string of the molecule is CC(C)CCCOC(=O)CNC(=O)c1c(F)cccc1F. The van der Waals surface area contributed by atoms with Crippen LogP contribution in [-0.4, -0.2) is 25.0 Å². The maximum atomic E-state index is 13.3. The van der Waals surface area contributed by atoms with E-state index in [0.717, 1.165) is 31.0 Å². The van der Waals surface area contributed by atoms with E-state index < -0.39 is 35.6 Å². The van der Waals surface area contributed by atoms with E-state index in [0.29, 0.717) is 5.92 Å². The quantitative estimate of drug-likeness (QED) is 0.622. The third kappa shape index (κ3) is 5.89. The molecule has 21 heavy (non-hydrogen) atoms. The highest BCUT2D eigenvalue weighted by atomic mass is 19.1. The summed E-state index contributed by atoms with van der Waals surface area (Å²) in [6.45, 7) is 3.96. The third-order valence-electron chi connectivity index (χ3n) is 2.77. The predicted octanol–water partition coefficient (Wildman–Crippen LogP) is 2.67. The molecule has 0 atom stereocenters. The van der Waals surface area contributed by atoms with E-state index in [9.17, 15) is 18.4 Å². The molecule has 0 aliphatic rings. The van der Waals surface area contributed by atoms with Crippen molar-refractivity contribution in [2.45, 2.75) is 26.7 Å². The van der Waals surface area contributed by atoms with Crippen LogP contribution in [0.1, 0.15) is 37.0 Å². The van der Waals surface area contributed by atoms with Gasteiger partial charge >= 0.3 is 5.97 Å². The van der Waals surface area contributed by atoms with Crippen LogP contribution in [0.2, 0.25) is 0 Å². The number of hydrogen-bond donors (Lipinski definition) is 1. The second-order valence-corrected chi connectivity index (χ2v) is 5.04. The van der Waals surface area contributed by atoms with Crippen LogP contribution < -0.4 is 5.32 Å². The molecule has 4 nitrogen and oxygen atoms in total. The molecule has 0 saturated heterocycles. The van der Waals surface area contributed by atoms with Crippen molar-refractivity contribution < 1.29 is 23.1 Å². The summed E-state index contributed by atoms with van der Waals surface area (Å²) >= 11 is 0. The monoisotopic (exact) mass is 299 g/mol. The van der Waals surface area contributed by atoms with Crippen molar-refractivity contribution in [1.82, 2.24) is 5.32 Å². The summed E-state index contributed by atoms with van der Waals surface area (Å²) in [5.74, 6) is -3.04. The van der Waals surface area contributed by atoms with Crippen molar-refractivity contribution in [3.63, 3.8) is 0 Å². The van der Waals surface area contributed by atoms with Gasteiger partial charge in [0, 0.05) is 0 Å². The second kappa shape index (κ2) is 8.34. The van der Waals surface area contributed by atoms with Gasteiger partial charge in [-0.15, -0.1) is 0 Å². The van der Waals surface area contributed by atoms with Crippen molar-refractivity contribution in [3.8, 4) is 0 Å². The first-order chi connectivity index (χ1) is 9.91. The van der Waals surface area contributed by atoms with Gasteiger partial charge < -0.3 is 10.1 Å². The van der Waals surface area contributed by atoms with Gasteiger partial charge in [0.25, 0.3) is 5.91 Å². The van der Waals surface area contributed by atoms with Crippen molar-refractivity contribution in [1.29, 1.82) is 0 Å². The minimum atomic E-state index is -0.982. The molecule has 0 radical (unpaired) electrons. The summed E-state index contributed by atoms with van der Waals surface area (Å²) in [7, 11) is 0. The van der Waals surface area contributed by atoms with Crippen LogP contribution in [0.5, 0.6) is 0 Å². The number of benzene rings is 1. The van der Waals surface area contributed by atoms with E-state index in [-0.39, 0.29) is 6.61 Å². The number of ether oxygens (including phenoxy) is 1. The highest BCUT2D eigenvalue weighted by molar-refractivity contribution is 5.96. The molecule has 1 rings (SSSR count). The minimum Gasteiger partial charge on any atom is -0.464 e. The van der Waals surface area contributed by atoms with Gasteiger partial charge in [0.1, 0.15) is 23.7 Å². The van der Waals surface area contributed by atoms with Gasteiger partial charge in [0.15, 0.2) is 0 Å². The van der Waals surface area contributed by atoms with E-state index in [1.54, 1.807) is 0 Å². The summed E-state index contributed by atoms with van der Waals surface area (Å²) in [5, 5.41) is 2.14. The first-order valence-electron chi connectivity index (χ1n) is 6.79. The summed E-state index contributed by atoms with van der Waals surface area (Å²) in [6.07, 6.45) is 1.67. The van der Waals surface area contributed by atoms with Gasteiger partial charge in [0.05, 0.1) is 6.61 Å². The Balaban J connectivity index is 2.38. The first-order valence-corrected chi connectivity index (χ1v) is 6.79. The number of esters is 1. The largest absolute Gasteiger partial charge is 0.464 e. The third-order valence-corrected chi connectivity index (χ3v) is 2.77. The van der Waals surface area contributed by atoms with Crippen molar-refractivity contribution in [3.05, 3.63) is 35.4 Å². The number of hydrogen-bond acceptors (Lipinski definition) is 3. The van der Waals surface area contributed by atoms with E-state index >= 15 is 0 Å². The fraction of sp³-hybridized carbons (Fsp3) is 0.467. The number of nitrogens with one attached hydrogen (secondary N) is 1. The Hall–Kier alpha value is -1.98. The normalized spacial score (nSPS) is 10.5. The van der Waals surface area contributed by atoms with E-state index in [1.165, 1.54) is 0 Å². The summed E-state index contributed by atoms with van der Waals surface area (Å²) in [5.41, 5.74) is -0.704. The molecule has 0 aliphatic heterocycles. The molecule has 0 aliphatic carbocycles. The van der Waals surface area contributed by atoms with Crippen molar-refractivity contribution in [2.24, 2.45) is 5.92 Å². The zero-order chi connectivity index (χ0) is 15.8. The van der Waals surface area contributed by atoms with Crippen molar-refractivity contribution in [2.75, 3.05) is 13.2 Å². The number of halogens is 2. The molecule has 1 aromatic rings. The Morgan fingerprint density at radius 2 is 1.86 bits per heavy atom. The highest BCUT2D eigenvalue weighted by Gasteiger charge is 2.17. The lowest BCUT2D eigenvalue weighted by Crippen LogP contribution is -2.32. The molecule has 0 aromatic heterocycles. The van der Waals surface area contributed by atoms with Crippen molar-refractivity contribution >= 4 is 11.9 Å². The van der Waals surface area contributed by atoms with E-state index in [1.807, 2.05) is 0 Å². The zero-order valence-corrected chi connectivity index (χ0v) is 12.1. The van der Waals surface area contributed by atoms with Gasteiger partial charge in [-0.1, -0.05) is 19.9 Å². The average molecular weight is 299 g/mol. The smallest absolute Gasteiger partial charge is 0.325 e. The molecule has 0 bridgehead atoms. The topological polar surface area (TPSA) is 55.4 Å². The maximum Gasteiger partial charge on any atom is 0.325 e. The lowest BCUT2D eigenvalue weighted by atomic mass is 10.1. The molecule has 1 N–H and O–H groups in total. The average Bonchev–Trinajstić information content (AvgIpc) is 2.41. The standard InChI is InChI=1S/C15H19F2NO3/c1-10(2)5-4-8-21-13(19)9-18-15(20)14-11(16)6-3-7-12(14)17/h3,6-7,10H,4-5,8-9H2,1-2H3,(H,18,20). The molecule has 6 heteroatoms. The van der Waals surface area contributed by atoms with Crippen LogP contribution in [0.15, 0.2) is 18.2 Å². The number of amides is 1. The Labute approximate surface area is 122 Å². The fourth-order valence-electron chi connectivity index (χ4n) is 1.68. The number of rotatable bonds is 7. The van der Waals surface area contributed by atoms with Gasteiger partial charge in [-0.05, 0) is 30.9 Å². The Kier molecular flexibility index (Phi) is 6.78. The number of carbonyl (C=O) groups is 2. The van der Waals surface area contributed by atoms with Crippen LogP contribution in [0.3, 0.4) is 0 Å². The minimum absolute atomic E-state index is 0.265. The molecule has 116 valence electrons. The molecule has 0 fully saturated rings. The zero-order valence-electron chi connectivity index (χ0n) is 12.1. The molecule has 1 aromatic carbocycles.